The van der Waals surface area contributed by atoms with Gasteiger partial charge in [0.1, 0.15) is 5.75 Å². The maximum absolute atomic E-state index is 11.2. The van der Waals surface area contributed by atoms with Gasteiger partial charge in [0.15, 0.2) is 9.84 Å². The summed E-state index contributed by atoms with van der Waals surface area (Å²) >= 11 is 1.98. The summed E-state index contributed by atoms with van der Waals surface area (Å²) in [5.41, 5.74) is 0. The highest BCUT2D eigenvalue weighted by molar-refractivity contribution is 14.1. The molecule has 0 aromatic heterocycles. The van der Waals surface area contributed by atoms with Crippen molar-refractivity contribution in [2.24, 2.45) is 0 Å². The van der Waals surface area contributed by atoms with Gasteiger partial charge >= 0.3 is 0 Å². The molecule has 0 N–H and O–H groups in total. The first-order valence-corrected chi connectivity index (χ1v) is 6.46. The highest BCUT2D eigenvalue weighted by Gasteiger charge is 2.11. The zero-order valence-corrected chi connectivity index (χ0v) is 10.2. The Bertz CT molecular complexity index is 411. The molecule has 0 saturated heterocycles. The Hall–Kier alpha value is -0.300. The minimum absolute atomic E-state index is 0.342. The van der Waals surface area contributed by atoms with Crippen molar-refractivity contribution in [2.45, 2.75) is 4.90 Å². The molecule has 0 amide bonds. The van der Waals surface area contributed by atoms with Crippen LogP contribution in [0.15, 0.2) is 23.1 Å². The first-order valence-electron chi connectivity index (χ1n) is 3.49. The molecule has 72 valence electrons. The molecule has 1 aromatic rings. The predicted molar refractivity (Wildman–Crippen MR) is 58.8 cm³/mol. The maximum atomic E-state index is 11.2. The van der Waals surface area contributed by atoms with E-state index in [-0.39, 0.29) is 0 Å². The summed E-state index contributed by atoms with van der Waals surface area (Å²) in [7, 11) is -1.57. The van der Waals surface area contributed by atoms with Crippen LogP contribution in [0.3, 0.4) is 0 Å². The summed E-state index contributed by atoms with van der Waals surface area (Å²) in [6.45, 7) is 0. The van der Waals surface area contributed by atoms with E-state index >= 15 is 0 Å². The van der Waals surface area contributed by atoms with Crippen LogP contribution in [-0.2, 0) is 9.84 Å². The smallest absolute Gasteiger partial charge is 0.176 e. The molecule has 13 heavy (non-hydrogen) atoms. The van der Waals surface area contributed by atoms with Crippen LogP contribution in [0.4, 0.5) is 0 Å². The molecule has 0 spiro atoms. The summed E-state index contributed by atoms with van der Waals surface area (Å²) in [4.78, 5) is 0.342. The van der Waals surface area contributed by atoms with Crippen LogP contribution in [0, 0.1) is 3.57 Å². The van der Waals surface area contributed by atoms with Gasteiger partial charge in [0.25, 0.3) is 0 Å². The minimum Gasteiger partial charge on any atom is -0.497 e. The van der Waals surface area contributed by atoms with Crippen LogP contribution >= 0.6 is 22.6 Å². The fraction of sp³-hybridized carbons (Fsp3) is 0.250. The van der Waals surface area contributed by atoms with Gasteiger partial charge in [-0.3, -0.25) is 0 Å². The largest absolute Gasteiger partial charge is 0.497 e. The van der Waals surface area contributed by atoms with Crippen LogP contribution in [0.2, 0.25) is 0 Å². The number of benzene rings is 1. The van der Waals surface area contributed by atoms with Crippen LogP contribution in [-0.4, -0.2) is 21.8 Å². The highest BCUT2D eigenvalue weighted by atomic mass is 127. The third-order valence-corrected chi connectivity index (χ3v) is 3.95. The van der Waals surface area contributed by atoms with Crippen LogP contribution in [0.25, 0.3) is 0 Å². The molecule has 0 heterocycles. The van der Waals surface area contributed by atoms with Crippen LogP contribution < -0.4 is 4.74 Å². The van der Waals surface area contributed by atoms with E-state index in [9.17, 15) is 8.42 Å². The SMILES string of the molecule is COc1ccc(S(C)(=O)=O)c(I)c1. The third-order valence-electron chi connectivity index (χ3n) is 1.54. The minimum atomic E-state index is -3.12. The van der Waals surface area contributed by atoms with Gasteiger partial charge in [-0.2, -0.15) is 0 Å². The second-order valence-electron chi connectivity index (χ2n) is 2.57. The molecule has 0 saturated carbocycles. The molecule has 0 atom stereocenters. The first-order chi connectivity index (χ1) is 5.95. The number of methoxy groups -OCH3 is 1. The number of hydrogen-bond donors (Lipinski definition) is 0. The van der Waals surface area contributed by atoms with E-state index < -0.39 is 9.84 Å². The zero-order chi connectivity index (χ0) is 10.1. The first kappa shape index (κ1) is 10.8. The van der Waals surface area contributed by atoms with Crippen molar-refractivity contribution in [3.63, 3.8) is 0 Å². The summed E-state index contributed by atoms with van der Waals surface area (Å²) in [5, 5.41) is 0. The molecule has 0 aliphatic rings. The molecule has 0 aliphatic carbocycles. The van der Waals surface area contributed by atoms with Gasteiger partial charge < -0.3 is 4.74 Å². The van der Waals surface area contributed by atoms with Crippen molar-refractivity contribution in [3.8, 4) is 5.75 Å². The lowest BCUT2D eigenvalue weighted by Crippen LogP contribution is -2.00. The van der Waals surface area contributed by atoms with Crippen molar-refractivity contribution in [1.29, 1.82) is 0 Å². The average molecular weight is 312 g/mol. The van der Waals surface area contributed by atoms with E-state index in [1.807, 2.05) is 22.6 Å². The molecule has 1 aromatic carbocycles. The third kappa shape index (κ3) is 2.57. The molecule has 1 rings (SSSR count). The second-order valence-corrected chi connectivity index (χ2v) is 5.71. The normalized spacial score (nSPS) is 11.3. The van der Waals surface area contributed by atoms with Crippen molar-refractivity contribution in [3.05, 3.63) is 21.8 Å². The Morgan fingerprint density at radius 1 is 1.38 bits per heavy atom. The molecule has 0 bridgehead atoms. The van der Waals surface area contributed by atoms with Crippen molar-refractivity contribution in [1.82, 2.24) is 0 Å². The Balaban J connectivity index is 3.29. The summed E-state index contributed by atoms with van der Waals surface area (Å²) in [6, 6.07) is 4.88. The molecule has 0 aliphatic heterocycles. The van der Waals surface area contributed by atoms with Gasteiger partial charge in [-0.1, -0.05) is 0 Å². The fourth-order valence-electron chi connectivity index (χ4n) is 0.909. The van der Waals surface area contributed by atoms with E-state index in [2.05, 4.69) is 0 Å². The molecule has 3 nitrogen and oxygen atoms in total. The van der Waals surface area contributed by atoms with Crippen LogP contribution in [0.1, 0.15) is 0 Å². The molecule has 5 heteroatoms. The Labute approximate surface area is 91.2 Å². The van der Waals surface area contributed by atoms with E-state index in [4.69, 9.17) is 4.74 Å². The van der Waals surface area contributed by atoms with Gasteiger partial charge in [0, 0.05) is 9.83 Å². The highest BCUT2D eigenvalue weighted by Crippen LogP contribution is 2.22. The lowest BCUT2D eigenvalue weighted by atomic mass is 10.3. The number of halogens is 1. The molecular weight excluding hydrogens is 303 g/mol. The van der Waals surface area contributed by atoms with Gasteiger partial charge in [-0.15, -0.1) is 0 Å². The lowest BCUT2D eigenvalue weighted by molar-refractivity contribution is 0.414. The number of ether oxygens (including phenoxy) is 1. The number of hydrogen-bond acceptors (Lipinski definition) is 3. The summed E-state index contributed by atoms with van der Waals surface area (Å²) in [6.07, 6.45) is 1.19. The van der Waals surface area contributed by atoms with Crippen LogP contribution in [0.5, 0.6) is 5.75 Å². The Morgan fingerprint density at radius 3 is 2.38 bits per heavy atom. The van der Waals surface area contributed by atoms with E-state index in [0.717, 1.165) is 0 Å². The van der Waals surface area contributed by atoms with Gasteiger partial charge in [0.05, 0.1) is 12.0 Å². The summed E-state index contributed by atoms with van der Waals surface area (Å²) in [5.74, 6) is 0.664. The quantitative estimate of drug-likeness (QED) is 0.781. The summed E-state index contributed by atoms with van der Waals surface area (Å²) < 4.78 is 28.1. The van der Waals surface area contributed by atoms with Gasteiger partial charge in [-0.05, 0) is 40.8 Å². The van der Waals surface area contributed by atoms with Gasteiger partial charge in [-0.25, -0.2) is 8.42 Å². The fourth-order valence-corrected chi connectivity index (χ4v) is 3.32. The number of sulfone groups is 1. The molecule has 0 radical (unpaired) electrons. The Kier molecular flexibility index (Phi) is 3.18. The van der Waals surface area contributed by atoms with Crippen molar-refractivity contribution >= 4 is 32.4 Å². The average Bonchev–Trinajstić information content (AvgIpc) is 2.01. The topological polar surface area (TPSA) is 43.4 Å². The predicted octanol–water partition coefficient (Wildman–Crippen LogP) is 1.70. The monoisotopic (exact) mass is 312 g/mol. The molecular formula is C8H9IO3S. The number of rotatable bonds is 2. The Morgan fingerprint density at radius 2 is 2.00 bits per heavy atom. The van der Waals surface area contributed by atoms with E-state index in [0.29, 0.717) is 14.2 Å². The van der Waals surface area contributed by atoms with Crippen molar-refractivity contribution < 1.29 is 13.2 Å². The maximum Gasteiger partial charge on any atom is 0.176 e. The lowest BCUT2D eigenvalue weighted by Gasteiger charge is -2.04. The molecule has 0 fully saturated rings. The van der Waals surface area contributed by atoms with E-state index in [1.54, 1.807) is 25.3 Å². The van der Waals surface area contributed by atoms with Crippen molar-refractivity contribution in [2.75, 3.05) is 13.4 Å². The second kappa shape index (κ2) is 3.83. The zero-order valence-electron chi connectivity index (χ0n) is 7.24. The van der Waals surface area contributed by atoms with Gasteiger partial charge in [0.2, 0.25) is 0 Å². The standard InChI is InChI=1S/C8H9IO3S/c1-12-6-3-4-8(7(9)5-6)13(2,10)11/h3-5H,1-2H3. The molecule has 0 unspecified atom stereocenters. The van der Waals surface area contributed by atoms with E-state index in [1.165, 1.54) is 6.26 Å².